The topological polar surface area (TPSA) is 99.2 Å². The molecule has 4 aromatic rings. The first-order valence-electron chi connectivity index (χ1n) is 11.9. The Morgan fingerprint density at radius 2 is 1.78 bits per heavy atom. The van der Waals surface area contributed by atoms with Crippen LogP contribution in [-0.4, -0.2) is 82.3 Å². The number of carbonyl (C=O) groups excluding carboxylic acids is 2. The Balaban J connectivity index is 1.32. The molecule has 0 bridgehead atoms. The number of piperazine rings is 1. The van der Waals surface area contributed by atoms with E-state index < -0.39 is 6.04 Å². The summed E-state index contributed by atoms with van der Waals surface area (Å²) in [6, 6.07) is 11.0. The number of carbonyl (C=O) groups is 2. The molecule has 1 aromatic carbocycles. The van der Waals surface area contributed by atoms with Gasteiger partial charge in [-0.2, -0.15) is 0 Å². The van der Waals surface area contributed by atoms with Crippen molar-refractivity contribution in [1.29, 1.82) is 0 Å². The van der Waals surface area contributed by atoms with Crippen LogP contribution in [0.25, 0.3) is 16.9 Å². The van der Waals surface area contributed by atoms with Crippen LogP contribution in [-0.2, 0) is 4.79 Å². The molecule has 10 heteroatoms. The molecule has 0 radical (unpaired) electrons. The van der Waals surface area contributed by atoms with Crippen molar-refractivity contribution in [1.82, 2.24) is 24.2 Å². The highest BCUT2D eigenvalue weighted by atomic mass is 16.3. The number of imidazole rings is 1. The van der Waals surface area contributed by atoms with Crippen molar-refractivity contribution in [3.05, 3.63) is 67.0 Å². The summed E-state index contributed by atoms with van der Waals surface area (Å²) in [6.45, 7) is 3.70. The van der Waals surface area contributed by atoms with Crippen LogP contribution in [0.5, 0.6) is 0 Å². The average molecular weight is 488 g/mol. The minimum atomic E-state index is -0.495. The van der Waals surface area contributed by atoms with Crippen LogP contribution in [0.15, 0.2) is 65.7 Å². The van der Waals surface area contributed by atoms with Gasteiger partial charge in [0.2, 0.25) is 5.91 Å². The second-order valence-electron chi connectivity index (χ2n) is 9.02. The molecule has 0 saturated carbocycles. The van der Waals surface area contributed by atoms with E-state index in [9.17, 15) is 9.59 Å². The van der Waals surface area contributed by atoms with E-state index in [-0.39, 0.29) is 11.8 Å². The molecule has 1 aliphatic heterocycles. The van der Waals surface area contributed by atoms with Crippen molar-refractivity contribution < 1.29 is 14.0 Å². The lowest BCUT2D eigenvalue weighted by molar-refractivity contribution is -0.133. The molecule has 1 fully saturated rings. The van der Waals surface area contributed by atoms with Crippen LogP contribution in [0.4, 0.5) is 11.5 Å². The van der Waals surface area contributed by atoms with E-state index in [2.05, 4.69) is 10.3 Å². The molecule has 10 nitrogen and oxygen atoms in total. The molecule has 4 heterocycles. The Hall–Kier alpha value is -4.34. The number of benzene rings is 1. The number of nitrogens with one attached hydrogen (secondary N) is 1. The van der Waals surface area contributed by atoms with Gasteiger partial charge in [0.25, 0.3) is 5.91 Å². The summed E-state index contributed by atoms with van der Waals surface area (Å²) < 4.78 is 7.13. The zero-order chi connectivity index (χ0) is 25.2. The van der Waals surface area contributed by atoms with Gasteiger partial charge in [0.15, 0.2) is 11.4 Å². The van der Waals surface area contributed by atoms with Crippen molar-refractivity contribution in [3.8, 4) is 11.3 Å². The molecule has 2 amide bonds. The van der Waals surface area contributed by atoms with Crippen molar-refractivity contribution in [2.24, 2.45) is 0 Å². The Kier molecular flexibility index (Phi) is 6.32. The van der Waals surface area contributed by atoms with E-state index in [0.717, 1.165) is 22.8 Å². The van der Waals surface area contributed by atoms with Gasteiger partial charge in [-0.3, -0.25) is 19.0 Å². The number of hydrogen-bond acceptors (Lipinski definition) is 7. The van der Waals surface area contributed by atoms with Crippen LogP contribution >= 0.6 is 0 Å². The fraction of sp³-hybridized carbons (Fsp3) is 0.308. The van der Waals surface area contributed by atoms with Crippen molar-refractivity contribution >= 4 is 29.0 Å². The van der Waals surface area contributed by atoms with Gasteiger partial charge in [0, 0.05) is 63.9 Å². The van der Waals surface area contributed by atoms with Gasteiger partial charge < -0.3 is 24.4 Å². The zero-order valence-corrected chi connectivity index (χ0v) is 20.6. The van der Waals surface area contributed by atoms with Crippen LogP contribution in [0.3, 0.4) is 0 Å². The van der Waals surface area contributed by atoms with E-state index in [4.69, 9.17) is 9.40 Å². The SMILES string of the molecule is CC(Nc1c(-c2ccc(N(C)C)cc2)nc2cnccn12)C(=O)N1CCN(C(=O)c2ccco2)CC1. The monoisotopic (exact) mass is 487 g/mol. The zero-order valence-electron chi connectivity index (χ0n) is 20.6. The Morgan fingerprint density at radius 3 is 2.44 bits per heavy atom. The van der Waals surface area contributed by atoms with Gasteiger partial charge in [0.05, 0.1) is 12.5 Å². The van der Waals surface area contributed by atoms with Crippen LogP contribution in [0.1, 0.15) is 17.5 Å². The number of furan rings is 1. The largest absolute Gasteiger partial charge is 0.459 e. The van der Waals surface area contributed by atoms with Crippen LogP contribution < -0.4 is 10.2 Å². The Bertz CT molecular complexity index is 1350. The standard InChI is InChI=1S/C26H29N7O3/c1-18(25(34)31-12-14-32(15-13-31)26(35)21-5-4-16-36-21)28-24-23(29-22-17-27-10-11-33(22)24)19-6-8-20(9-7-19)30(2)3/h4-11,16-18,28H,12-15H2,1-3H3. The predicted octanol–water partition coefficient (Wildman–Crippen LogP) is 2.84. The first kappa shape index (κ1) is 23.4. The number of aromatic nitrogens is 3. The number of anilines is 2. The summed E-state index contributed by atoms with van der Waals surface area (Å²) in [6.07, 6.45) is 6.71. The first-order chi connectivity index (χ1) is 17.4. The smallest absolute Gasteiger partial charge is 0.289 e. The molecule has 3 aromatic heterocycles. The van der Waals surface area contributed by atoms with Gasteiger partial charge in [-0.05, 0) is 31.2 Å². The quantitative estimate of drug-likeness (QED) is 0.446. The summed E-state index contributed by atoms with van der Waals surface area (Å²) in [4.78, 5) is 40.4. The molecule has 5 rings (SSSR count). The second-order valence-corrected chi connectivity index (χ2v) is 9.02. The van der Waals surface area contributed by atoms with Gasteiger partial charge in [0.1, 0.15) is 17.6 Å². The number of nitrogens with zero attached hydrogens (tertiary/aromatic N) is 6. The van der Waals surface area contributed by atoms with Gasteiger partial charge in [-0.1, -0.05) is 12.1 Å². The highest BCUT2D eigenvalue weighted by molar-refractivity contribution is 5.92. The maximum Gasteiger partial charge on any atom is 0.289 e. The third-order valence-electron chi connectivity index (χ3n) is 6.42. The molecule has 186 valence electrons. The summed E-state index contributed by atoms with van der Waals surface area (Å²) in [5.74, 6) is 0.871. The molecule has 0 spiro atoms. The highest BCUT2D eigenvalue weighted by Gasteiger charge is 2.29. The van der Waals surface area contributed by atoms with E-state index in [0.29, 0.717) is 37.6 Å². The van der Waals surface area contributed by atoms with Crippen LogP contribution in [0, 0.1) is 0 Å². The summed E-state index contributed by atoms with van der Waals surface area (Å²) >= 11 is 0. The lowest BCUT2D eigenvalue weighted by atomic mass is 10.1. The minimum Gasteiger partial charge on any atom is -0.459 e. The normalized spacial score (nSPS) is 14.6. The van der Waals surface area contributed by atoms with Gasteiger partial charge in [-0.25, -0.2) is 4.98 Å². The second kappa shape index (κ2) is 9.73. The fourth-order valence-corrected chi connectivity index (χ4v) is 4.39. The number of rotatable bonds is 6. The summed E-state index contributed by atoms with van der Waals surface area (Å²) in [5.41, 5.74) is 3.47. The van der Waals surface area contributed by atoms with Gasteiger partial charge in [-0.15, -0.1) is 0 Å². The molecule has 36 heavy (non-hydrogen) atoms. The average Bonchev–Trinajstić information content (AvgIpc) is 3.57. The number of hydrogen-bond donors (Lipinski definition) is 1. The van der Waals surface area contributed by atoms with Crippen molar-refractivity contribution in [3.63, 3.8) is 0 Å². The Morgan fingerprint density at radius 1 is 1.06 bits per heavy atom. The van der Waals surface area contributed by atoms with E-state index in [1.54, 1.807) is 34.3 Å². The number of amides is 2. The van der Waals surface area contributed by atoms with E-state index >= 15 is 0 Å². The first-order valence-corrected chi connectivity index (χ1v) is 11.9. The lowest BCUT2D eigenvalue weighted by Gasteiger charge is -2.35. The summed E-state index contributed by atoms with van der Waals surface area (Å²) in [7, 11) is 4.00. The number of fused-ring (bicyclic) bond motifs is 1. The fourth-order valence-electron chi connectivity index (χ4n) is 4.39. The molecule has 1 atom stereocenters. The lowest BCUT2D eigenvalue weighted by Crippen LogP contribution is -2.53. The third-order valence-corrected chi connectivity index (χ3v) is 6.42. The molecule has 1 N–H and O–H groups in total. The maximum absolute atomic E-state index is 13.3. The van der Waals surface area contributed by atoms with E-state index in [1.165, 1.54) is 6.26 Å². The maximum atomic E-state index is 13.3. The van der Waals surface area contributed by atoms with Crippen molar-refractivity contribution in [2.45, 2.75) is 13.0 Å². The molecule has 1 saturated heterocycles. The van der Waals surface area contributed by atoms with Crippen molar-refractivity contribution in [2.75, 3.05) is 50.5 Å². The van der Waals surface area contributed by atoms with E-state index in [1.807, 2.05) is 60.8 Å². The minimum absolute atomic E-state index is 0.0296. The predicted molar refractivity (Wildman–Crippen MR) is 137 cm³/mol. The van der Waals surface area contributed by atoms with Crippen LogP contribution in [0.2, 0.25) is 0 Å². The molecule has 0 aliphatic carbocycles. The molecule has 1 unspecified atom stereocenters. The molecular formula is C26H29N7O3. The van der Waals surface area contributed by atoms with Gasteiger partial charge >= 0.3 is 0 Å². The molecule has 1 aliphatic rings. The molecular weight excluding hydrogens is 458 g/mol. The Labute approximate surface area is 209 Å². The summed E-state index contributed by atoms with van der Waals surface area (Å²) in [5, 5.41) is 3.40. The highest BCUT2D eigenvalue weighted by Crippen LogP contribution is 2.30. The third kappa shape index (κ3) is 4.49.